The lowest BCUT2D eigenvalue weighted by Gasteiger charge is -2.26. The van der Waals surface area contributed by atoms with E-state index in [1.807, 2.05) is 13.8 Å². The summed E-state index contributed by atoms with van der Waals surface area (Å²) in [7, 11) is -3.64. The molecule has 1 aliphatic heterocycles. The maximum absolute atomic E-state index is 13.0. The van der Waals surface area contributed by atoms with Gasteiger partial charge in [-0.3, -0.25) is 4.79 Å². The molecule has 174 valence electrons. The van der Waals surface area contributed by atoms with Crippen LogP contribution in [0.15, 0.2) is 23.1 Å². The SMILES string of the molecule is CC(C)Oc1ccc(S(=O)(=O)N2CCOCC2)cc1NCC(=O)NC1CCCCCC1. The van der Waals surface area contributed by atoms with Gasteiger partial charge in [0, 0.05) is 19.1 Å². The highest BCUT2D eigenvalue weighted by atomic mass is 32.2. The molecule has 2 aliphatic rings. The molecule has 1 amide bonds. The first kappa shape index (κ1) is 23.8. The normalized spacial score (nSPS) is 19.1. The summed E-state index contributed by atoms with van der Waals surface area (Å²) in [4.78, 5) is 12.7. The number of ether oxygens (including phenoxy) is 2. The Morgan fingerprint density at radius 1 is 1.16 bits per heavy atom. The summed E-state index contributed by atoms with van der Waals surface area (Å²) in [5.41, 5.74) is 0.499. The summed E-state index contributed by atoms with van der Waals surface area (Å²) in [6, 6.07) is 4.98. The minimum atomic E-state index is -3.64. The van der Waals surface area contributed by atoms with Crippen molar-refractivity contribution in [2.75, 3.05) is 38.2 Å². The third kappa shape index (κ3) is 6.82. The first-order valence-corrected chi connectivity index (χ1v) is 12.7. The number of anilines is 1. The van der Waals surface area contributed by atoms with Crippen LogP contribution >= 0.6 is 0 Å². The fourth-order valence-corrected chi connectivity index (χ4v) is 5.41. The highest BCUT2D eigenvalue weighted by Crippen LogP contribution is 2.30. The average Bonchev–Trinajstić information content (AvgIpc) is 3.02. The van der Waals surface area contributed by atoms with E-state index in [-0.39, 0.29) is 29.5 Å². The smallest absolute Gasteiger partial charge is 0.243 e. The Kier molecular flexibility index (Phi) is 8.57. The average molecular weight is 454 g/mol. The number of hydrogen-bond acceptors (Lipinski definition) is 6. The highest BCUT2D eigenvalue weighted by molar-refractivity contribution is 7.89. The molecule has 2 fully saturated rings. The van der Waals surface area contributed by atoms with Gasteiger partial charge in [0.25, 0.3) is 0 Å². The van der Waals surface area contributed by atoms with Gasteiger partial charge < -0.3 is 20.1 Å². The fourth-order valence-electron chi connectivity index (χ4n) is 3.98. The maximum Gasteiger partial charge on any atom is 0.243 e. The van der Waals surface area contributed by atoms with Gasteiger partial charge >= 0.3 is 0 Å². The molecule has 1 aromatic rings. The number of rotatable bonds is 8. The van der Waals surface area contributed by atoms with Gasteiger partial charge in [0.05, 0.1) is 36.4 Å². The summed E-state index contributed by atoms with van der Waals surface area (Å²) in [5, 5.41) is 6.20. The Labute approximate surface area is 185 Å². The van der Waals surface area contributed by atoms with Crippen LogP contribution in [-0.2, 0) is 19.6 Å². The molecule has 0 unspecified atom stereocenters. The maximum atomic E-state index is 13.0. The van der Waals surface area contributed by atoms with E-state index in [1.54, 1.807) is 18.2 Å². The summed E-state index contributed by atoms with van der Waals surface area (Å²) in [6.45, 7) is 5.31. The van der Waals surface area contributed by atoms with Crippen molar-refractivity contribution in [3.05, 3.63) is 18.2 Å². The van der Waals surface area contributed by atoms with E-state index in [2.05, 4.69) is 10.6 Å². The molecule has 1 aromatic carbocycles. The molecule has 0 bridgehead atoms. The second kappa shape index (κ2) is 11.2. The molecule has 3 rings (SSSR count). The van der Waals surface area contributed by atoms with Crippen molar-refractivity contribution in [1.29, 1.82) is 0 Å². The summed E-state index contributed by atoms with van der Waals surface area (Å²) < 4.78 is 38.6. The lowest BCUT2D eigenvalue weighted by molar-refractivity contribution is -0.120. The number of nitrogens with one attached hydrogen (secondary N) is 2. The molecule has 0 spiro atoms. The second-order valence-electron chi connectivity index (χ2n) is 8.45. The molecule has 2 N–H and O–H groups in total. The van der Waals surface area contributed by atoms with E-state index in [1.165, 1.54) is 17.1 Å². The number of carbonyl (C=O) groups is 1. The fraction of sp³-hybridized carbons (Fsp3) is 0.682. The van der Waals surface area contributed by atoms with E-state index >= 15 is 0 Å². The second-order valence-corrected chi connectivity index (χ2v) is 10.4. The third-order valence-corrected chi connectivity index (χ3v) is 7.48. The van der Waals surface area contributed by atoms with Gasteiger partial charge in [-0.1, -0.05) is 25.7 Å². The highest BCUT2D eigenvalue weighted by Gasteiger charge is 2.27. The van der Waals surface area contributed by atoms with Crippen molar-refractivity contribution < 1.29 is 22.7 Å². The van der Waals surface area contributed by atoms with E-state index in [0.717, 1.165) is 25.7 Å². The Balaban J connectivity index is 1.71. The largest absolute Gasteiger partial charge is 0.489 e. The first-order chi connectivity index (χ1) is 14.9. The Morgan fingerprint density at radius 2 is 1.84 bits per heavy atom. The van der Waals surface area contributed by atoms with Crippen molar-refractivity contribution in [3.63, 3.8) is 0 Å². The van der Waals surface area contributed by atoms with Crippen molar-refractivity contribution in [2.45, 2.75) is 69.4 Å². The van der Waals surface area contributed by atoms with Gasteiger partial charge in [0.15, 0.2) is 0 Å². The van der Waals surface area contributed by atoms with Crippen LogP contribution in [0.2, 0.25) is 0 Å². The van der Waals surface area contributed by atoms with Crippen LogP contribution < -0.4 is 15.4 Å². The minimum Gasteiger partial charge on any atom is -0.489 e. The molecule has 9 heteroatoms. The zero-order valence-corrected chi connectivity index (χ0v) is 19.4. The van der Waals surface area contributed by atoms with E-state index in [4.69, 9.17) is 9.47 Å². The molecule has 0 atom stereocenters. The van der Waals surface area contributed by atoms with Crippen LogP contribution in [-0.4, -0.2) is 63.6 Å². The molecule has 31 heavy (non-hydrogen) atoms. The number of amides is 1. The monoisotopic (exact) mass is 453 g/mol. The molecule has 0 radical (unpaired) electrons. The van der Waals surface area contributed by atoms with Crippen LogP contribution in [0.1, 0.15) is 52.4 Å². The zero-order valence-electron chi connectivity index (χ0n) is 18.6. The number of sulfonamides is 1. The first-order valence-electron chi connectivity index (χ1n) is 11.3. The van der Waals surface area contributed by atoms with Crippen LogP contribution in [0.25, 0.3) is 0 Å². The summed E-state index contributed by atoms with van der Waals surface area (Å²) in [6.07, 6.45) is 6.69. The summed E-state index contributed by atoms with van der Waals surface area (Å²) in [5.74, 6) is 0.432. The quantitative estimate of drug-likeness (QED) is 0.588. The molecule has 8 nitrogen and oxygen atoms in total. The molecular weight excluding hydrogens is 418 g/mol. The van der Waals surface area contributed by atoms with Gasteiger partial charge in [-0.05, 0) is 44.9 Å². The van der Waals surface area contributed by atoms with Crippen LogP contribution in [0.3, 0.4) is 0 Å². The number of carbonyl (C=O) groups excluding carboxylic acids is 1. The Bertz CT molecular complexity index is 830. The van der Waals surface area contributed by atoms with Gasteiger partial charge in [0.2, 0.25) is 15.9 Å². The number of nitrogens with zero attached hydrogens (tertiary/aromatic N) is 1. The van der Waals surface area contributed by atoms with Gasteiger partial charge in [-0.15, -0.1) is 0 Å². The van der Waals surface area contributed by atoms with Crippen molar-refractivity contribution in [1.82, 2.24) is 9.62 Å². The Hall–Kier alpha value is -1.84. The standard InChI is InChI=1S/C22H35N3O5S/c1-17(2)30-21-10-9-19(31(27,28)25-11-13-29-14-12-25)15-20(21)23-16-22(26)24-18-7-5-3-4-6-8-18/h9-10,15,17-18,23H,3-8,11-14,16H2,1-2H3,(H,24,26). The molecular formula is C22H35N3O5S. The molecule has 1 heterocycles. The number of benzene rings is 1. The van der Waals surface area contributed by atoms with Crippen molar-refractivity contribution in [2.24, 2.45) is 0 Å². The van der Waals surface area contributed by atoms with Crippen LogP contribution in [0.4, 0.5) is 5.69 Å². The predicted molar refractivity (Wildman–Crippen MR) is 120 cm³/mol. The van der Waals surface area contributed by atoms with Gasteiger partial charge in [0.1, 0.15) is 5.75 Å². The van der Waals surface area contributed by atoms with E-state index in [0.29, 0.717) is 37.7 Å². The van der Waals surface area contributed by atoms with E-state index < -0.39 is 10.0 Å². The number of morpholine rings is 1. The van der Waals surface area contributed by atoms with Crippen molar-refractivity contribution >= 4 is 21.6 Å². The minimum absolute atomic E-state index is 0.0615. The van der Waals surface area contributed by atoms with Crippen molar-refractivity contribution in [3.8, 4) is 5.75 Å². The van der Waals surface area contributed by atoms with Crippen LogP contribution in [0, 0.1) is 0 Å². The molecule has 0 aromatic heterocycles. The van der Waals surface area contributed by atoms with Crippen LogP contribution in [0.5, 0.6) is 5.75 Å². The topological polar surface area (TPSA) is 97.0 Å². The third-order valence-electron chi connectivity index (χ3n) is 5.58. The molecule has 1 saturated carbocycles. The lowest BCUT2D eigenvalue weighted by Crippen LogP contribution is -2.40. The van der Waals surface area contributed by atoms with Gasteiger partial charge in [-0.25, -0.2) is 8.42 Å². The predicted octanol–water partition coefficient (Wildman–Crippen LogP) is 2.75. The summed E-state index contributed by atoms with van der Waals surface area (Å²) >= 11 is 0. The Morgan fingerprint density at radius 3 is 2.48 bits per heavy atom. The van der Waals surface area contributed by atoms with Gasteiger partial charge in [-0.2, -0.15) is 4.31 Å². The molecule has 1 aliphatic carbocycles. The van der Waals surface area contributed by atoms with E-state index in [9.17, 15) is 13.2 Å². The zero-order chi connectivity index (χ0) is 22.3. The molecule has 1 saturated heterocycles. The lowest BCUT2D eigenvalue weighted by atomic mass is 10.1. The number of hydrogen-bond donors (Lipinski definition) is 2.